The third-order valence-corrected chi connectivity index (χ3v) is 6.47. The standard InChI is InChI=1S/C21H19N5OS2/c1-25(2)16-10-8-14(9-11-16)12-17-18(22)26-20(23-19(17)27)29-21(24-26)28-13-15-6-4-3-5-7-15/h3-12,22H,13H2,1-2H3. The summed E-state index contributed by atoms with van der Waals surface area (Å²) >= 11 is 2.90. The predicted octanol–water partition coefficient (Wildman–Crippen LogP) is 4.26. The molecule has 0 saturated heterocycles. The Bertz CT molecular complexity index is 1040. The van der Waals surface area contributed by atoms with Crippen LogP contribution in [0, 0.1) is 5.41 Å². The summed E-state index contributed by atoms with van der Waals surface area (Å²) in [6, 6.07) is 17.9. The smallest absolute Gasteiger partial charge is 0.283 e. The lowest BCUT2D eigenvalue weighted by Crippen LogP contribution is -2.35. The van der Waals surface area contributed by atoms with Crippen molar-refractivity contribution in [2.45, 2.75) is 5.75 Å². The number of nitrogens with zero attached hydrogens (tertiary/aromatic N) is 4. The van der Waals surface area contributed by atoms with Gasteiger partial charge in [-0.25, -0.2) is 0 Å². The number of nitrogens with one attached hydrogen (secondary N) is 1. The van der Waals surface area contributed by atoms with E-state index in [2.05, 4.69) is 22.2 Å². The first-order valence-corrected chi connectivity index (χ1v) is 10.8. The van der Waals surface area contributed by atoms with E-state index in [1.54, 1.807) is 17.8 Å². The van der Waals surface area contributed by atoms with Gasteiger partial charge < -0.3 is 4.90 Å². The fourth-order valence-electron chi connectivity index (χ4n) is 2.79. The number of rotatable bonds is 4. The topological polar surface area (TPSA) is 72.1 Å². The minimum absolute atomic E-state index is 0.0551. The van der Waals surface area contributed by atoms with Crippen LogP contribution in [0.5, 0.6) is 0 Å². The Balaban J connectivity index is 1.51. The van der Waals surface area contributed by atoms with E-state index in [9.17, 15) is 4.79 Å². The largest absolute Gasteiger partial charge is 0.378 e. The minimum atomic E-state index is -0.407. The molecule has 6 nitrogen and oxygen atoms in total. The maximum Gasteiger partial charge on any atom is 0.283 e. The van der Waals surface area contributed by atoms with E-state index in [4.69, 9.17) is 5.41 Å². The highest BCUT2D eigenvalue weighted by Gasteiger charge is 2.35. The molecule has 2 aromatic carbocycles. The molecule has 0 atom stereocenters. The number of carbonyl (C=O) groups is 1. The molecule has 0 bridgehead atoms. The molecule has 0 unspecified atom stereocenters. The fraction of sp³-hybridized carbons (Fsp3) is 0.143. The van der Waals surface area contributed by atoms with Gasteiger partial charge in [0, 0.05) is 25.5 Å². The van der Waals surface area contributed by atoms with Crippen molar-refractivity contribution >= 4 is 56.6 Å². The van der Waals surface area contributed by atoms with Gasteiger partial charge in [-0.2, -0.15) is 10.0 Å². The van der Waals surface area contributed by atoms with Crippen molar-refractivity contribution in [3.05, 3.63) is 71.3 Å². The second-order valence-electron chi connectivity index (χ2n) is 6.65. The number of thioether (sulfide) groups is 2. The molecule has 1 N–H and O–H groups in total. The molecule has 4 rings (SSSR count). The molecule has 0 radical (unpaired) electrons. The Labute approximate surface area is 177 Å². The van der Waals surface area contributed by atoms with Crippen LogP contribution in [0.4, 0.5) is 5.69 Å². The number of fused-ring (bicyclic) bond motifs is 1. The van der Waals surface area contributed by atoms with Gasteiger partial charge in [-0.1, -0.05) is 54.2 Å². The predicted molar refractivity (Wildman–Crippen MR) is 124 cm³/mol. The number of benzene rings is 2. The molecule has 0 saturated carbocycles. The Morgan fingerprint density at radius 2 is 1.86 bits per heavy atom. The number of aliphatic imine (C=N–C) groups is 1. The lowest BCUT2D eigenvalue weighted by atomic mass is 10.1. The van der Waals surface area contributed by atoms with Crippen molar-refractivity contribution in [2.75, 3.05) is 19.0 Å². The molecule has 0 fully saturated rings. The summed E-state index contributed by atoms with van der Waals surface area (Å²) in [6.45, 7) is 0. The van der Waals surface area contributed by atoms with Crippen LogP contribution in [0.15, 0.2) is 70.3 Å². The lowest BCUT2D eigenvalue weighted by molar-refractivity contribution is -0.114. The van der Waals surface area contributed by atoms with Gasteiger partial charge in [0.2, 0.25) is 5.17 Å². The summed E-state index contributed by atoms with van der Waals surface area (Å²) in [5.74, 6) is 0.421. The van der Waals surface area contributed by atoms with E-state index in [0.717, 1.165) is 21.4 Å². The zero-order valence-electron chi connectivity index (χ0n) is 16.0. The highest BCUT2D eigenvalue weighted by molar-refractivity contribution is 8.45. The normalized spacial score (nSPS) is 17.3. The van der Waals surface area contributed by atoms with Gasteiger partial charge >= 0.3 is 0 Å². The molecule has 2 aliphatic heterocycles. The molecule has 8 heteroatoms. The maximum atomic E-state index is 12.5. The number of amidine groups is 2. The minimum Gasteiger partial charge on any atom is -0.378 e. The molecular formula is C21H19N5OS2. The second kappa shape index (κ2) is 8.26. The SMILES string of the molecule is CN(C)c1ccc(C=C2C(=N)N3N=C(SCc4ccccc4)SC3=NC2=O)cc1. The molecule has 2 aromatic rings. The molecule has 0 spiro atoms. The highest BCUT2D eigenvalue weighted by Crippen LogP contribution is 2.33. The first-order chi connectivity index (χ1) is 14.0. The summed E-state index contributed by atoms with van der Waals surface area (Å²) in [5, 5.41) is 14.8. The van der Waals surface area contributed by atoms with Crippen LogP contribution in [0.25, 0.3) is 6.08 Å². The van der Waals surface area contributed by atoms with Gasteiger partial charge in [0.1, 0.15) is 0 Å². The number of amides is 1. The van der Waals surface area contributed by atoms with Crippen LogP contribution in [0.1, 0.15) is 11.1 Å². The van der Waals surface area contributed by atoms with Gasteiger partial charge in [-0.05, 0) is 41.1 Å². The first kappa shape index (κ1) is 19.5. The molecule has 146 valence electrons. The third kappa shape index (κ3) is 4.28. The Morgan fingerprint density at radius 3 is 2.55 bits per heavy atom. The van der Waals surface area contributed by atoms with Crippen molar-refractivity contribution < 1.29 is 4.79 Å². The average Bonchev–Trinajstić information content (AvgIpc) is 3.14. The summed E-state index contributed by atoms with van der Waals surface area (Å²) in [7, 11) is 3.95. The fourth-order valence-corrected chi connectivity index (χ4v) is 4.67. The number of carbonyl (C=O) groups excluding carboxylic acids is 1. The van der Waals surface area contributed by atoms with Crippen LogP contribution in [0.3, 0.4) is 0 Å². The first-order valence-electron chi connectivity index (χ1n) is 8.95. The molecule has 1 amide bonds. The van der Waals surface area contributed by atoms with Crippen LogP contribution in [-0.4, -0.2) is 40.4 Å². The van der Waals surface area contributed by atoms with E-state index in [1.165, 1.54) is 22.3 Å². The summed E-state index contributed by atoms with van der Waals surface area (Å²) in [4.78, 5) is 18.7. The highest BCUT2D eigenvalue weighted by atomic mass is 32.2. The summed E-state index contributed by atoms with van der Waals surface area (Å²) in [5.41, 5.74) is 3.35. The van der Waals surface area contributed by atoms with E-state index < -0.39 is 5.91 Å². The maximum absolute atomic E-state index is 12.5. The molecular weight excluding hydrogens is 402 g/mol. The zero-order valence-corrected chi connectivity index (χ0v) is 17.6. The van der Waals surface area contributed by atoms with Crippen LogP contribution >= 0.6 is 23.5 Å². The third-order valence-electron chi connectivity index (χ3n) is 4.36. The molecule has 29 heavy (non-hydrogen) atoms. The average molecular weight is 422 g/mol. The molecule has 0 aliphatic carbocycles. The molecule has 2 heterocycles. The number of hydrazone groups is 1. The van der Waals surface area contributed by atoms with Gasteiger partial charge in [0.25, 0.3) is 5.91 Å². The lowest BCUT2D eigenvalue weighted by Gasteiger charge is -2.20. The van der Waals surface area contributed by atoms with E-state index in [1.807, 2.05) is 61.5 Å². The Kier molecular flexibility index (Phi) is 5.55. The monoisotopic (exact) mass is 421 g/mol. The van der Waals surface area contributed by atoms with Crippen LogP contribution in [0.2, 0.25) is 0 Å². The van der Waals surface area contributed by atoms with E-state index >= 15 is 0 Å². The van der Waals surface area contributed by atoms with Crippen molar-refractivity contribution in [2.24, 2.45) is 10.1 Å². The van der Waals surface area contributed by atoms with Crippen LogP contribution in [-0.2, 0) is 10.5 Å². The van der Waals surface area contributed by atoms with E-state index in [0.29, 0.717) is 5.17 Å². The quantitative estimate of drug-likeness (QED) is 0.747. The number of hydrogen-bond donors (Lipinski definition) is 1. The Hall–Kier alpha value is -2.84. The van der Waals surface area contributed by atoms with Crippen molar-refractivity contribution in [1.29, 1.82) is 5.41 Å². The number of anilines is 1. The molecule has 0 aromatic heterocycles. The summed E-state index contributed by atoms with van der Waals surface area (Å²) in [6.07, 6.45) is 1.69. The zero-order chi connectivity index (χ0) is 20.4. The number of hydrogen-bond acceptors (Lipinski definition) is 6. The second-order valence-corrected chi connectivity index (χ2v) is 8.82. The molecule has 2 aliphatic rings. The van der Waals surface area contributed by atoms with Crippen molar-refractivity contribution in [1.82, 2.24) is 5.01 Å². The van der Waals surface area contributed by atoms with Crippen molar-refractivity contribution in [3.63, 3.8) is 0 Å². The van der Waals surface area contributed by atoms with Crippen molar-refractivity contribution in [3.8, 4) is 0 Å². The Morgan fingerprint density at radius 1 is 1.14 bits per heavy atom. The van der Waals surface area contributed by atoms with Crippen LogP contribution < -0.4 is 4.90 Å². The van der Waals surface area contributed by atoms with Gasteiger partial charge in [-0.15, -0.1) is 5.10 Å². The summed E-state index contributed by atoms with van der Waals surface area (Å²) < 4.78 is 0.779. The van der Waals surface area contributed by atoms with Gasteiger partial charge in [0.15, 0.2) is 10.2 Å². The van der Waals surface area contributed by atoms with E-state index in [-0.39, 0.29) is 11.4 Å². The van der Waals surface area contributed by atoms with Gasteiger partial charge in [-0.3, -0.25) is 10.2 Å². The van der Waals surface area contributed by atoms with Gasteiger partial charge in [0.05, 0.1) is 5.57 Å².